The smallest absolute Gasteiger partial charge is 0.248 e. The number of benzene rings is 1. The predicted octanol–water partition coefficient (Wildman–Crippen LogP) is 1.50. The molecule has 0 amide bonds. The zero-order valence-corrected chi connectivity index (χ0v) is 13.6. The monoisotopic (exact) mass is 316 g/mol. The minimum atomic E-state index is -3.77. The minimum Gasteiger partial charge on any atom is -0.495 e. The Morgan fingerprint density at radius 1 is 1.24 bits per heavy atom. The highest BCUT2D eigenvalue weighted by Crippen LogP contribution is 2.32. The fraction of sp³-hybridized carbons (Fsp3) is 0.571. The zero-order chi connectivity index (χ0) is 15.9. The van der Waals surface area contributed by atoms with Crippen molar-refractivity contribution in [3.8, 4) is 11.5 Å². The van der Waals surface area contributed by atoms with Crippen molar-refractivity contribution >= 4 is 10.0 Å². The Kier molecular flexibility index (Phi) is 6.94. The van der Waals surface area contributed by atoms with Crippen LogP contribution in [-0.2, 0) is 10.0 Å². The van der Waals surface area contributed by atoms with Gasteiger partial charge in [-0.15, -0.1) is 0 Å². The summed E-state index contributed by atoms with van der Waals surface area (Å²) in [4.78, 5) is 0.00458. The Labute approximate surface area is 126 Å². The summed E-state index contributed by atoms with van der Waals surface area (Å²) < 4.78 is 38.1. The van der Waals surface area contributed by atoms with Crippen LogP contribution in [0, 0.1) is 0 Å². The molecule has 1 aromatic rings. The topological polar surface area (TPSA) is 90.7 Å². The Bertz CT molecular complexity index is 524. The molecule has 0 aliphatic heterocycles. The molecule has 0 aliphatic rings. The first-order valence-electron chi connectivity index (χ1n) is 6.93. The van der Waals surface area contributed by atoms with Gasteiger partial charge in [-0.25, -0.2) is 13.1 Å². The van der Waals surface area contributed by atoms with Gasteiger partial charge in [0.1, 0.15) is 11.5 Å². The van der Waals surface area contributed by atoms with Crippen molar-refractivity contribution < 1.29 is 17.9 Å². The van der Waals surface area contributed by atoms with E-state index in [4.69, 9.17) is 15.2 Å². The molecule has 0 aliphatic carbocycles. The summed E-state index contributed by atoms with van der Waals surface area (Å²) in [6, 6.07) is 4.54. The van der Waals surface area contributed by atoms with Gasteiger partial charge in [0, 0.05) is 12.6 Å². The first-order chi connectivity index (χ1) is 10.00. The first-order valence-corrected chi connectivity index (χ1v) is 8.41. The number of hydrogen-bond acceptors (Lipinski definition) is 5. The van der Waals surface area contributed by atoms with Crippen LogP contribution in [0.15, 0.2) is 23.1 Å². The zero-order valence-electron chi connectivity index (χ0n) is 12.8. The van der Waals surface area contributed by atoms with Crippen molar-refractivity contribution in [2.24, 2.45) is 5.73 Å². The summed E-state index contributed by atoms with van der Waals surface area (Å²) in [5.41, 5.74) is 5.65. The number of methoxy groups -OCH3 is 2. The number of unbranched alkanes of at least 4 members (excludes halogenated alkanes) is 1. The average Bonchev–Trinajstić information content (AvgIpc) is 2.50. The minimum absolute atomic E-state index is 0.00458. The Morgan fingerprint density at radius 3 is 2.24 bits per heavy atom. The third-order valence-corrected chi connectivity index (χ3v) is 4.75. The Balaban J connectivity index is 3.12. The largest absolute Gasteiger partial charge is 0.495 e. The quantitative estimate of drug-likeness (QED) is 0.720. The molecule has 1 aromatic carbocycles. The lowest BCUT2D eigenvalue weighted by molar-refractivity contribution is 0.372. The van der Waals surface area contributed by atoms with Crippen LogP contribution < -0.4 is 19.9 Å². The molecule has 0 fully saturated rings. The van der Waals surface area contributed by atoms with E-state index in [1.807, 2.05) is 6.92 Å². The van der Waals surface area contributed by atoms with Gasteiger partial charge in [-0.1, -0.05) is 25.8 Å². The second-order valence-corrected chi connectivity index (χ2v) is 6.34. The summed E-state index contributed by atoms with van der Waals surface area (Å²) in [6.07, 6.45) is 2.59. The normalized spacial score (nSPS) is 13.0. The van der Waals surface area contributed by atoms with Crippen molar-refractivity contribution in [3.05, 3.63) is 18.2 Å². The molecule has 1 atom stereocenters. The molecule has 0 radical (unpaired) electrons. The first kappa shape index (κ1) is 17.7. The van der Waals surface area contributed by atoms with Crippen molar-refractivity contribution in [1.82, 2.24) is 4.72 Å². The van der Waals surface area contributed by atoms with Crippen LogP contribution in [0.1, 0.15) is 26.2 Å². The number of hydrogen-bond donors (Lipinski definition) is 2. The van der Waals surface area contributed by atoms with E-state index in [0.29, 0.717) is 6.42 Å². The van der Waals surface area contributed by atoms with E-state index in [0.717, 1.165) is 12.8 Å². The molecular weight excluding hydrogens is 292 g/mol. The highest BCUT2D eigenvalue weighted by Gasteiger charge is 2.26. The number of nitrogens with two attached hydrogens (primary N) is 1. The van der Waals surface area contributed by atoms with Crippen LogP contribution in [0.4, 0.5) is 0 Å². The number of nitrogens with one attached hydrogen (secondary N) is 1. The van der Waals surface area contributed by atoms with Crippen LogP contribution >= 0.6 is 0 Å². The Morgan fingerprint density at radius 2 is 1.81 bits per heavy atom. The van der Waals surface area contributed by atoms with E-state index in [1.165, 1.54) is 14.2 Å². The molecule has 0 spiro atoms. The summed E-state index contributed by atoms with van der Waals surface area (Å²) in [5.74, 6) is 0.487. The summed E-state index contributed by atoms with van der Waals surface area (Å²) in [5, 5.41) is 0. The fourth-order valence-corrected chi connectivity index (χ4v) is 3.64. The van der Waals surface area contributed by atoms with Crippen molar-refractivity contribution in [3.63, 3.8) is 0 Å². The molecule has 0 aromatic heterocycles. The van der Waals surface area contributed by atoms with E-state index in [2.05, 4.69) is 4.72 Å². The number of sulfonamides is 1. The molecular formula is C14H24N2O4S. The lowest BCUT2D eigenvalue weighted by Gasteiger charge is -2.19. The SMILES string of the molecule is CCCCC(CN)NS(=O)(=O)c1c(OC)cccc1OC. The number of ether oxygens (including phenoxy) is 2. The van der Waals surface area contributed by atoms with Gasteiger partial charge in [-0.3, -0.25) is 0 Å². The van der Waals surface area contributed by atoms with Gasteiger partial charge in [0.2, 0.25) is 10.0 Å². The summed E-state index contributed by atoms with van der Waals surface area (Å²) >= 11 is 0. The third-order valence-electron chi connectivity index (χ3n) is 3.16. The second-order valence-electron chi connectivity index (χ2n) is 4.69. The van der Waals surface area contributed by atoms with Crippen LogP contribution in [-0.4, -0.2) is 35.2 Å². The molecule has 0 saturated heterocycles. The third kappa shape index (κ3) is 4.59. The molecule has 6 nitrogen and oxygen atoms in total. The standard InChI is InChI=1S/C14H24N2O4S/c1-4-5-7-11(10-15)16-21(17,18)14-12(19-2)8-6-9-13(14)20-3/h6,8-9,11,16H,4-5,7,10,15H2,1-3H3. The highest BCUT2D eigenvalue weighted by atomic mass is 32.2. The van der Waals surface area contributed by atoms with Gasteiger partial charge in [0.25, 0.3) is 0 Å². The average molecular weight is 316 g/mol. The van der Waals surface area contributed by atoms with Crippen LogP contribution in [0.2, 0.25) is 0 Å². The van der Waals surface area contributed by atoms with E-state index in [1.54, 1.807) is 18.2 Å². The molecule has 21 heavy (non-hydrogen) atoms. The molecule has 3 N–H and O–H groups in total. The van der Waals surface area contributed by atoms with Gasteiger partial charge in [0.05, 0.1) is 14.2 Å². The second kappa shape index (κ2) is 8.21. The molecule has 1 rings (SSSR count). The maximum absolute atomic E-state index is 12.6. The molecule has 1 unspecified atom stereocenters. The van der Waals surface area contributed by atoms with Gasteiger partial charge in [-0.2, -0.15) is 0 Å². The number of rotatable bonds is 9. The van der Waals surface area contributed by atoms with Gasteiger partial charge in [0.15, 0.2) is 4.90 Å². The van der Waals surface area contributed by atoms with Crippen LogP contribution in [0.3, 0.4) is 0 Å². The van der Waals surface area contributed by atoms with Crippen LogP contribution in [0.5, 0.6) is 11.5 Å². The molecule has 0 bridgehead atoms. The summed E-state index contributed by atoms with van der Waals surface area (Å²) in [7, 11) is -0.924. The lowest BCUT2D eigenvalue weighted by Crippen LogP contribution is -2.40. The molecule has 7 heteroatoms. The van der Waals surface area contributed by atoms with Gasteiger partial charge in [-0.05, 0) is 18.6 Å². The molecule has 120 valence electrons. The van der Waals surface area contributed by atoms with E-state index < -0.39 is 10.0 Å². The van der Waals surface area contributed by atoms with E-state index >= 15 is 0 Å². The van der Waals surface area contributed by atoms with Crippen molar-refractivity contribution in [2.75, 3.05) is 20.8 Å². The van der Waals surface area contributed by atoms with E-state index in [9.17, 15) is 8.42 Å². The van der Waals surface area contributed by atoms with Gasteiger partial charge < -0.3 is 15.2 Å². The van der Waals surface area contributed by atoms with Gasteiger partial charge >= 0.3 is 0 Å². The molecule has 0 heterocycles. The fourth-order valence-electron chi connectivity index (χ4n) is 2.04. The lowest BCUT2D eigenvalue weighted by atomic mass is 10.1. The maximum Gasteiger partial charge on any atom is 0.248 e. The molecule has 0 saturated carbocycles. The highest BCUT2D eigenvalue weighted by molar-refractivity contribution is 7.89. The Hall–Kier alpha value is -1.31. The predicted molar refractivity (Wildman–Crippen MR) is 82.2 cm³/mol. The van der Waals surface area contributed by atoms with Crippen molar-refractivity contribution in [2.45, 2.75) is 37.1 Å². The summed E-state index contributed by atoms with van der Waals surface area (Å²) in [6.45, 7) is 2.29. The van der Waals surface area contributed by atoms with E-state index in [-0.39, 0.29) is 29.0 Å². The maximum atomic E-state index is 12.6. The van der Waals surface area contributed by atoms with Crippen LogP contribution in [0.25, 0.3) is 0 Å². The van der Waals surface area contributed by atoms with Crippen molar-refractivity contribution in [1.29, 1.82) is 0 Å².